The van der Waals surface area contributed by atoms with Gasteiger partial charge in [0, 0.05) is 44.9 Å². The van der Waals surface area contributed by atoms with E-state index in [0.717, 1.165) is 19.5 Å². The Kier molecular flexibility index (Phi) is 7.87. The number of rotatable bonds is 10. The van der Waals surface area contributed by atoms with Crippen LogP contribution in [-0.4, -0.2) is 68.8 Å². The van der Waals surface area contributed by atoms with Gasteiger partial charge in [-0.15, -0.1) is 0 Å². The summed E-state index contributed by atoms with van der Waals surface area (Å²) in [5.74, 6) is 1.69. The number of hydrogen-bond donors (Lipinski definition) is 2. The molecule has 0 radical (unpaired) electrons. The Labute approximate surface area is 231 Å². The molecule has 0 amide bonds. The highest BCUT2D eigenvalue weighted by molar-refractivity contribution is 6.02. The van der Waals surface area contributed by atoms with Crippen LogP contribution in [0, 0.1) is 5.82 Å². The summed E-state index contributed by atoms with van der Waals surface area (Å²) in [6.45, 7) is 3.67. The molecule has 12 heteroatoms. The molecule has 1 saturated heterocycles. The third kappa shape index (κ3) is 6.01. The zero-order valence-electron chi connectivity index (χ0n) is 22.8. The zero-order valence-corrected chi connectivity index (χ0v) is 22.8. The van der Waals surface area contributed by atoms with Gasteiger partial charge < -0.3 is 25.0 Å². The second-order valence-corrected chi connectivity index (χ2v) is 9.59. The van der Waals surface area contributed by atoms with Crippen LogP contribution in [0.15, 0.2) is 49.1 Å². The number of nitrogens with zero attached hydrogens (tertiary/aromatic N) is 6. The van der Waals surface area contributed by atoms with Gasteiger partial charge in [0.05, 0.1) is 35.8 Å². The number of ketones is 1. The summed E-state index contributed by atoms with van der Waals surface area (Å²) in [6.07, 6.45) is 6.07. The number of hydrogen-bond acceptors (Lipinski definition) is 10. The van der Waals surface area contributed by atoms with Crippen LogP contribution < -0.4 is 20.1 Å². The van der Waals surface area contributed by atoms with Gasteiger partial charge in [0.2, 0.25) is 0 Å². The lowest BCUT2D eigenvalue weighted by Crippen LogP contribution is -2.21. The molecule has 3 aromatic heterocycles. The maximum atomic E-state index is 14.7. The minimum atomic E-state index is -0.516. The molecule has 1 fully saturated rings. The highest BCUT2D eigenvalue weighted by atomic mass is 19.1. The Balaban J connectivity index is 1.42. The Bertz CT molecular complexity index is 1510. The van der Waals surface area contributed by atoms with E-state index in [1.807, 2.05) is 6.07 Å². The van der Waals surface area contributed by atoms with Gasteiger partial charge in [-0.3, -0.25) is 9.48 Å². The van der Waals surface area contributed by atoms with Crippen LogP contribution in [0.5, 0.6) is 11.5 Å². The Morgan fingerprint density at radius 2 is 1.90 bits per heavy atom. The number of carbonyl (C=O) groups is 1. The first-order chi connectivity index (χ1) is 19.3. The second-order valence-electron chi connectivity index (χ2n) is 9.59. The third-order valence-electron chi connectivity index (χ3n) is 6.54. The van der Waals surface area contributed by atoms with Crippen molar-refractivity contribution >= 4 is 28.8 Å². The number of likely N-dealkylation sites (N-methyl/N-ethyl adjacent to an activating group) is 1. The SMILES string of the molecule is CCC(=O)c1cnc(Nc2ccc(O[C@@H]3CCN(C)C3)cn2)cc1Nc1cc(F)cc(-c2ncn(C)n2)c1OC. The molecule has 2 N–H and O–H groups in total. The van der Waals surface area contributed by atoms with Gasteiger partial charge in [-0.25, -0.2) is 19.3 Å². The lowest BCUT2D eigenvalue weighted by molar-refractivity contribution is 0.0988. The van der Waals surface area contributed by atoms with Crippen molar-refractivity contribution in [1.29, 1.82) is 0 Å². The van der Waals surface area contributed by atoms with Crippen molar-refractivity contribution in [1.82, 2.24) is 29.6 Å². The van der Waals surface area contributed by atoms with Crippen LogP contribution in [-0.2, 0) is 7.05 Å². The minimum absolute atomic E-state index is 0.124. The van der Waals surface area contributed by atoms with E-state index in [2.05, 4.69) is 42.6 Å². The summed E-state index contributed by atoms with van der Waals surface area (Å²) < 4.78 is 27.9. The average Bonchev–Trinajstić information content (AvgIpc) is 3.56. The van der Waals surface area contributed by atoms with Crippen molar-refractivity contribution in [3.63, 3.8) is 0 Å². The maximum absolute atomic E-state index is 14.7. The molecule has 4 aromatic rings. The van der Waals surface area contributed by atoms with Crippen LogP contribution in [0.3, 0.4) is 0 Å². The smallest absolute Gasteiger partial charge is 0.185 e. The first kappa shape index (κ1) is 27.0. The van der Waals surface area contributed by atoms with Crippen LogP contribution in [0.1, 0.15) is 30.1 Å². The standard InChI is InChI=1S/C28H31FN8O3/c1-5-24(38)21-14-31-26(34-25-7-6-18(13-30-25)40-19-8-9-36(2)15-19)12-22(21)33-23-11-17(29)10-20(27(23)39-4)28-32-16-37(3)35-28/h6-7,10-14,16,19H,5,8-9,15H2,1-4H3,(H2,30,31,33,34)/t19-/m1/s1. The number of nitrogens with one attached hydrogen (secondary N) is 2. The van der Waals surface area contributed by atoms with Crippen molar-refractivity contribution in [2.75, 3.05) is 37.9 Å². The van der Waals surface area contributed by atoms with E-state index >= 15 is 0 Å². The fraction of sp³-hybridized carbons (Fsp3) is 0.321. The van der Waals surface area contributed by atoms with Gasteiger partial charge >= 0.3 is 0 Å². The predicted molar refractivity (Wildman–Crippen MR) is 149 cm³/mol. The quantitative estimate of drug-likeness (QED) is 0.274. The molecular formula is C28H31FN8O3. The fourth-order valence-corrected chi connectivity index (χ4v) is 4.56. The number of anilines is 4. The van der Waals surface area contributed by atoms with E-state index < -0.39 is 5.82 Å². The van der Waals surface area contributed by atoms with Gasteiger partial charge in [0.1, 0.15) is 35.6 Å². The number of methoxy groups -OCH3 is 1. The summed E-state index contributed by atoms with van der Waals surface area (Å²) in [4.78, 5) is 28.1. The molecule has 0 bridgehead atoms. The van der Waals surface area contributed by atoms with Gasteiger partial charge in [0.25, 0.3) is 0 Å². The summed E-state index contributed by atoms with van der Waals surface area (Å²) in [6, 6.07) is 7.93. The number of pyridine rings is 2. The van der Waals surface area contributed by atoms with Gasteiger partial charge in [-0.05, 0) is 31.7 Å². The van der Waals surface area contributed by atoms with Gasteiger partial charge in [0.15, 0.2) is 17.4 Å². The van der Waals surface area contributed by atoms with E-state index in [0.29, 0.717) is 51.5 Å². The fourth-order valence-electron chi connectivity index (χ4n) is 4.56. The van der Waals surface area contributed by atoms with E-state index in [1.54, 1.807) is 32.3 Å². The Hall–Kier alpha value is -4.58. The molecule has 208 valence electrons. The lowest BCUT2D eigenvalue weighted by Gasteiger charge is -2.17. The molecule has 0 aliphatic carbocycles. The van der Waals surface area contributed by atoms with Crippen molar-refractivity contribution < 1.29 is 18.7 Å². The molecule has 4 heterocycles. The van der Waals surface area contributed by atoms with Crippen molar-refractivity contribution in [3.8, 4) is 22.9 Å². The van der Waals surface area contributed by atoms with Crippen molar-refractivity contribution in [2.45, 2.75) is 25.9 Å². The summed E-state index contributed by atoms with van der Waals surface area (Å²) in [5.41, 5.74) is 1.47. The monoisotopic (exact) mass is 546 g/mol. The van der Waals surface area contributed by atoms with Crippen LogP contribution in [0.4, 0.5) is 27.4 Å². The van der Waals surface area contributed by atoms with E-state index in [-0.39, 0.29) is 18.3 Å². The second kappa shape index (κ2) is 11.7. The number of carbonyl (C=O) groups excluding carboxylic acids is 1. The minimum Gasteiger partial charge on any atom is -0.494 e. The molecule has 0 unspecified atom stereocenters. The highest BCUT2D eigenvalue weighted by Crippen LogP contribution is 2.38. The summed E-state index contributed by atoms with van der Waals surface area (Å²) in [7, 11) is 5.27. The molecule has 0 saturated carbocycles. The number of aromatic nitrogens is 5. The number of Topliss-reactive ketones (excluding diaryl/α,β-unsaturated/α-hetero) is 1. The lowest BCUT2D eigenvalue weighted by atomic mass is 10.1. The maximum Gasteiger partial charge on any atom is 0.185 e. The predicted octanol–water partition coefficient (Wildman–Crippen LogP) is 4.58. The van der Waals surface area contributed by atoms with Crippen molar-refractivity contribution in [2.24, 2.45) is 7.05 Å². The molecule has 1 aromatic carbocycles. The van der Waals surface area contributed by atoms with Gasteiger partial charge in [-0.1, -0.05) is 6.92 Å². The molecule has 1 atom stereocenters. The van der Waals surface area contributed by atoms with Crippen LogP contribution in [0.25, 0.3) is 11.4 Å². The normalized spacial score (nSPS) is 15.2. The van der Waals surface area contributed by atoms with Crippen LogP contribution in [0.2, 0.25) is 0 Å². The average molecular weight is 547 g/mol. The highest BCUT2D eigenvalue weighted by Gasteiger charge is 2.22. The number of aryl methyl sites for hydroxylation is 1. The van der Waals surface area contributed by atoms with E-state index in [1.165, 1.54) is 36.4 Å². The molecule has 40 heavy (non-hydrogen) atoms. The molecule has 1 aliphatic rings. The number of halogens is 1. The van der Waals surface area contributed by atoms with Crippen molar-refractivity contribution in [3.05, 3.63) is 60.4 Å². The van der Waals surface area contributed by atoms with Crippen LogP contribution >= 0.6 is 0 Å². The summed E-state index contributed by atoms with van der Waals surface area (Å²) >= 11 is 0. The largest absolute Gasteiger partial charge is 0.494 e. The Morgan fingerprint density at radius 3 is 2.55 bits per heavy atom. The molecule has 1 aliphatic heterocycles. The topological polar surface area (TPSA) is 119 Å². The third-order valence-corrected chi connectivity index (χ3v) is 6.54. The Morgan fingerprint density at radius 1 is 1.07 bits per heavy atom. The van der Waals surface area contributed by atoms with E-state index in [4.69, 9.17) is 9.47 Å². The first-order valence-corrected chi connectivity index (χ1v) is 12.9. The molecule has 0 spiro atoms. The first-order valence-electron chi connectivity index (χ1n) is 12.9. The zero-order chi connectivity index (χ0) is 28.2. The number of likely N-dealkylation sites (tertiary alicyclic amines) is 1. The van der Waals surface area contributed by atoms with E-state index in [9.17, 15) is 9.18 Å². The summed E-state index contributed by atoms with van der Waals surface area (Å²) in [5, 5.41) is 10.6. The molecule has 11 nitrogen and oxygen atoms in total. The number of benzene rings is 1. The molecular weight excluding hydrogens is 515 g/mol. The number of ether oxygens (including phenoxy) is 2. The van der Waals surface area contributed by atoms with Gasteiger partial charge in [-0.2, -0.15) is 5.10 Å². The molecule has 5 rings (SSSR count).